The van der Waals surface area contributed by atoms with Crippen LogP contribution in [0.4, 0.5) is 0 Å². The lowest BCUT2D eigenvalue weighted by Crippen LogP contribution is -2.40. The van der Waals surface area contributed by atoms with Gasteiger partial charge >= 0.3 is 0 Å². The first-order valence-corrected chi connectivity index (χ1v) is 7.68. The van der Waals surface area contributed by atoms with Crippen molar-refractivity contribution in [3.8, 4) is 0 Å². The number of rotatable bonds is 4. The molecule has 1 saturated carbocycles. The van der Waals surface area contributed by atoms with Crippen LogP contribution in [0, 0.1) is 12.8 Å². The van der Waals surface area contributed by atoms with Gasteiger partial charge in [0, 0.05) is 30.0 Å². The maximum absolute atomic E-state index is 12.7. The summed E-state index contributed by atoms with van der Waals surface area (Å²) >= 11 is 0. The summed E-state index contributed by atoms with van der Waals surface area (Å²) in [6, 6.07) is 4.22. The van der Waals surface area contributed by atoms with Crippen LogP contribution in [0.25, 0.3) is 0 Å². The number of carbonyl (C=O) groups is 1. The maximum Gasteiger partial charge on any atom is 0.254 e. The molecule has 108 valence electrons. The van der Waals surface area contributed by atoms with E-state index in [4.69, 9.17) is 0 Å². The van der Waals surface area contributed by atoms with Gasteiger partial charge in [0.25, 0.3) is 5.91 Å². The van der Waals surface area contributed by atoms with Crippen LogP contribution in [0.2, 0.25) is 0 Å². The molecule has 0 atom stereocenters. The number of carbonyl (C=O) groups excluding carboxylic acids is 1. The number of aryl methyl sites for hydroxylation is 1. The van der Waals surface area contributed by atoms with Crippen molar-refractivity contribution in [2.75, 3.05) is 19.6 Å². The molecule has 20 heavy (non-hydrogen) atoms. The van der Waals surface area contributed by atoms with E-state index >= 15 is 0 Å². The van der Waals surface area contributed by atoms with Gasteiger partial charge < -0.3 is 10.2 Å². The van der Waals surface area contributed by atoms with Gasteiger partial charge in [0.2, 0.25) is 0 Å². The highest BCUT2D eigenvalue weighted by atomic mass is 16.2. The lowest BCUT2D eigenvalue weighted by molar-refractivity contribution is 0.0701. The zero-order chi connectivity index (χ0) is 13.9. The fourth-order valence-corrected chi connectivity index (χ4v) is 2.97. The Bertz CT molecular complexity index is 478. The van der Waals surface area contributed by atoms with E-state index in [1.807, 2.05) is 19.1 Å². The van der Waals surface area contributed by atoms with Crippen LogP contribution in [0.5, 0.6) is 0 Å². The minimum absolute atomic E-state index is 0.191. The lowest BCUT2D eigenvalue weighted by Gasteiger charge is -2.30. The number of nitrogens with zero attached hydrogens (tertiary/aromatic N) is 2. The quantitative estimate of drug-likeness (QED) is 0.912. The number of pyridine rings is 1. The standard InChI is InChI=1S/C16H23N3O/c1-12-10-14(6-9-18-12)16(20)19(15-2-3-15)11-13-4-7-17-8-5-13/h6,9-10,13,15,17H,2-5,7-8,11H2,1H3. The van der Waals surface area contributed by atoms with Crippen molar-refractivity contribution in [3.63, 3.8) is 0 Å². The van der Waals surface area contributed by atoms with Gasteiger partial charge in [-0.25, -0.2) is 0 Å². The smallest absolute Gasteiger partial charge is 0.254 e. The SMILES string of the molecule is Cc1cc(C(=O)N(CC2CCNCC2)C2CC2)ccn1. The summed E-state index contributed by atoms with van der Waals surface area (Å²) in [5.74, 6) is 0.847. The molecule has 0 spiro atoms. The average molecular weight is 273 g/mol. The Morgan fingerprint density at radius 1 is 1.35 bits per heavy atom. The fourth-order valence-electron chi connectivity index (χ4n) is 2.97. The van der Waals surface area contributed by atoms with E-state index in [2.05, 4.69) is 15.2 Å². The molecule has 1 N–H and O–H groups in total. The maximum atomic E-state index is 12.7. The number of nitrogens with one attached hydrogen (secondary N) is 1. The van der Waals surface area contributed by atoms with E-state index in [9.17, 15) is 4.79 Å². The van der Waals surface area contributed by atoms with Crippen molar-refractivity contribution in [2.24, 2.45) is 5.92 Å². The number of piperidine rings is 1. The molecule has 1 aromatic heterocycles. The van der Waals surface area contributed by atoms with Gasteiger partial charge in [-0.2, -0.15) is 0 Å². The number of amides is 1. The van der Waals surface area contributed by atoms with Gasteiger partial charge in [0.05, 0.1) is 0 Å². The Kier molecular flexibility index (Phi) is 4.01. The van der Waals surface area contributed by atoms with Gasteiger partial charge in [0.15, 0.2) is 0 Å². The molecule has 2 heterocycles. The van der Waals surface area contributed by atoms with E-state index in [1.165, 1.54) is 25.7 Å². The van der Waals surface area contributed by atoms with Gasteiger partial charge in [-0.05, 0) is 63.7 Å². The van der Waals surface area contributed by atoms with Crippen LogP contribution in [0.3, 0.4) is 0 Å². The largest absolute Gasteiger partial charge is 0.335 e. The zero-order valence-electron chi connectivity index (χ0n) is 12.1. The molecule has 0 radical (unpaired) electrons. The van der Waals surface area contributed by atoms with Crippen molar-refractivity contribution in [1.29, 1.82) is 0 Å². The Morgan fingerprint density at radius 3 is 2.75 bits per heavy atom. The van der Waals surface area contributed by atoms with Crippen LogP contribution in [0.1, 0.15) is 41.7 Å². The van der Waals surface area contributed by atoms with Crippen LogP contribution >= 0.6 is 0 Å². The molecular weight excluding hydrogens is 250 g/mol. The highest BCUT2D eigenvalue weighted by Crippen LogP contribution is 2.30. The van der Waals surface area contributed by atoms with Crippen LogP contribution in [0.15, 0.2) is 18.3 Å². The van der Waals surface area contributed by atoms with Gasteiger partial charge in [-0.3, -0.25) is 9.78 Å². The minimum atomic E-state index is 0.191. The minimum Gasteiger partial charge on any atom is -0.335 e. The molecule has 1 saturated heterocycles. The highest BCUT2D eigenvalue weighted by Gasteiger charge is 2.34. The third kappa shape index (κ3) is 3.18. The molecule has 0 unspecified atom stereocenters. The number of hydrogen-bond donors (Lipinski definition) is 1. The van der Waals surface area contributed by atoms with E-state index in [1.54, 1.807) is 6.20 Å². The summed E-state index contributed by atoms with van der Waals surface area (Å²) in [5.41, 5.74) is 1.70. The Labute approximate surface area is 120 Å². The number of hydrogen-bond acceptors (Lipinski definition) is 3. The summed E-state index contributed by atoms with van der Waals surface area (Å²) in [6.07, 6.45) is 6.44. The van der Waals surface area contributed by atoms with E-state index in [0.717, 1.165) is 30.9 Å². The van der Waals surface area contributed by atoms with Gasteiger partial charge in [-0.15, -0.1) is 0 Å². The molecule has 1 aliphatic carbocycles. The van der Waals surface area contributed by atoms with Crippen molar-refractivity contribution in [2.45, 2.75) is 38.6 Å². The van der Waals surface area contributed by atoms with Crippen molar-refractivity contribution >= 4 is 5.91 Å². The third-order valence-electron chi connectivity index (χ3n) is 4.31. The fraction of sp³-hybridized carbons (Fsp3) is 0.625. The molecule has 1 aromatic rings. The molecule has 1 aliphatic heterocycles. The summed E-state index contributed by atoms with van der Waals surface area (Å²) < 4.78 is 0. The molecule has 2 fully saturated rings. The summed E-state index contributed by atoms with van der Waals surface area (Å²) in [6.45, 7) is 5.04. The first-order valence-electron chi connectivity index (χ1n) is 7.68. The van der Waals surface area contributed by atoms with E-state index in [-0.39, 0.29) is 5.91 Å². The lowest BCUT2D eigenvalue weighted by atomic mass is 9.97. The predicted octanol–water partition coefficient (Wildman–Crippen LogP) is 1.99. The molecule has 3 rings (SSSR count). The first kappa shape index (κ1) is 13.6. The predicted molar refractivity (Wildman–Crippen MR) is 78.6 cm³/mol. The summed E-state index contributed by atoms with van der Waals surface area (Å²) in [4.78, 5) is 19.0. The average Bonchev–Trinajstić information content (AvgIpc) is 3.30. The first-order chi connectivity index (χ1) is 9.74. The van der Waals surface area contributed by atoms with Crippen LogP contribution < -0.4 is 5.32 Å². The Hall–Kier alpha value is -1.42. The second-order valence-corrected chi connectivity index (χ2v) is 6.07. The van der Waals surface area contributed by atoms with Crippen molar-refractivity contribution in [1.82, 2.24) is 15.2 Å². The Morgan fingerprint density at radius 2 is 2.10 bits per heavy atom. The molecule has 4 nitrogen and oxygen atoms in total. The third-order valence-corrected chi connectivity index (χ3v) is 4.31. The van der Waals surface area contributed by atoms with Gasteiger partial charge in [-0.1, -0.05) is 0 Å². The van der Waals surface area contributed by atoms with Crippen molar-refractivity contribution in [3.05, 3.63) is 29.6 Å². The second kappa shape index (κ2) is 5.92. The highest BCUT2D eigenvalue weighted by molar-refractivity contribution is 5.94. The molecule has 0 aromatic carbocycles. The topological polar surface area (TPSA) is 45.2 Å². The van der Waals surface area contributed by atoms with E-state index < -0.39 is 0 Å². The zero-order valence-corrected chi connectivity index (χ0v) is 12.1. The van der Waals surface area contributed by atoms with Crippen LogP contribution in [-0.2, 0) is 0 Å². The molecule has 0 bridgehead atoms. The molecular formula is C16H23N3O. The summed E-state index contributed by atoms with van der Waals surface area (Å²) in [7, 11) is 0. The van der Waals surface area contributed by atoms with Gasteiger partial charge in [0.1, 0.15) is 0 Å². The summed E-state index contributed by atoms with van der Waals surface area (Å²) in [5, 5.41) is 3.39. The van der Waals surface area contributed by atoms with E-state index in [0.29, 0.717) is 12.0 Å². The normalized spacial score (nSPS) is 19.9. The van der Waals surface area contributed by atoms with Crippen LogP contribution in [-0.4, -0.2) is 41.5 Å². The molecule has 2 aliphatic rings. The number of aromatic nitrogens is 1. The van der Waals surface area contributed by atoms with Crippen molar-refractivity contribution < 1.29 is 4.79 Å². The molecule has 1 amide bonds. The monoisotopic (exact) mass is 273 g/mol. The molecule has 4 heteroatoms. The Balaban J connectivity index is 1.71. The second-order valence-electron chi connectivity index (χ2n) is 6.07.